The van der Waals surface area contributed by atoms with Crippen LogP contribution in [0.25, 0.3) is 0 Å². The van der Waals surface area contributed by atoms with Crippen molar-refractivity contribution in [1.82, 2.24) is 15.2 Å². The minimum absolute atomic E-state index is 0.0111. The number of benzene rings is 1. The van der Waals surface area contributed by atoms with Crippen LogP contribution in [0.1, 0.15) is 36.4 Å². The summed E-state index contributed by atoms with van der Waals surface area (Å²) in [6.45, 7) is 2.77. The molecule has 0 radical (unpaired) electrons. The van der Waals surface area contributed by atoms with Crippen LogP contribution in [0, 0.1) is 17.6 Å². The molecule has 1 aromatic carbocycles. The molecule has 4 unspecified atom stereocenters. The number of carbonyl (C=O) groups excluding carboxylic acids is 1. The minimum Gasteiger partial charge on any atom is -0.481 e. The molecule has 1 aromatic heterocycles. The number of nitrogens with zero attached hydrogens (tertiary/aromatic N) is 3. The molecule has 0 spiro atoms. The van der Waals surface area contributed by atoms with E-state index in [4.69, 9.17) is 21.1 Å². The van der Waals surface area contributed by atoms with Gasteiger partial charge in [-0.2, -0.15) is 0 Å². The van der Waals surface area contributed by atoms with Gasteiger partial charge in [-0.1, -0.05) is 17.7 Å². The van der Waals surface area contributed by atoms with E-state index in [0.29, 0.717) is 36.2 Å². The summed E-state index contributed by atoms with van der Waals surface area (Å²) >= 11 is 7.56. The van der Waals surface area contributed by atoms with E-state index in [1.807, 2.05) is 0 Å². The average Bonchev–Trinajstić information content (AvgIpc) is 3.47. The number of hydrogen-bond donors (Lipinski definition) is 2. The molecule has 9 nitrogen and oxygen atoms in total. The zero-order valence-corrected chi connectivity index (χ0v) is 21.9. The highest BCUT2D eigenvalue weighted by atomic mass is 35.5. The maximum absolute atomic E-state index is 14.5. The zero-order valence-electron chi connectivity index (χ0n) is 20.3. The van der Waals surface area contributed by atoms with Gasteiger partial charge in [-0.15, -0.1) is 11.3 Å². The molecule has 13 heteroatoms. The number of carbonyl (C=O) groups is 2. The maximum Gasteiger partial charge on any atom is 0.338 e. The third-order valence-corrected chi connectivity index (χ3v) is 8.17. The van der Waals surface area contributed by atoms with Crippen LogP contribution in [0.5, 0.6) is 0 Å². The van der Waals surface area contributed by atoms with Gasteiger partial charge in [0.2, 0.25) is 0 Å². The molecule has 2 saturated heterocycles. The van der Waals surface area contributed by atoms with E-state index in [9.17, 15) is 23.5 Å². The molecule has 0 aliphatic carbocycles. The van der Waals surface area contributed by atoms with Crippen LogP contribution in [-0.4, -0.2) is 71.2 Å². The molecule has 4 heterocycles. The molecule has 2 N–H and O–H groups in total. The molecule has 4 atom stereocenters. The number of carboxylic acids is 1. The number of morpholine rings is 1. The number of thiazole rings is 1. The fourth-order valence-corrected chi connectivity index (χ4v) is 6.22. The van der Waals surface area contributed by atoms with Crippen molar-refractivity contribution < 1.29 is 33.0 Å². The molecule has 2 aromatic rings. The summed E-state index contributed by atoms with van der Waals surface area (Å²) in [5.74, 6) is -3.68. The molecule has 2 fully saturated rings. The number of esters is 1. The Bertz CT molecular complexity index is 1300. The molecule has 5 rings (SSSR count). The lowest BCUT2D eigenvalue weighted by molar-refractivity contribution is -0.139. The highest BCUT2D eigenvalue weighted by Gasteiger charge is 2.46. The Balaban J connectivity index is 1.60. The summed E-state index contributed by atoms with van der Waals surface area (Å²) in [5, 5.41) is 14.5. The van der Waals surface area contributed by atoms with Gasteiger partial charge in [-0.3, -0.25) is 14.7 Å². The van der Waals surface area contributed by atoms with Crippen molar-refractivity contribution in [2.45, 2.75) is 37.9 Å². The van der Waals surface area contributed by atoms with Gasteiger partial charge in [0.25, 0.3) is 0 Å². The molecular formula is C25H25ClF2N4O5S. The topological polar surface area (TPSA) is 113 Å². The number of aromatic nitrogens is 1. The second-order valence-corrected chi connectivity index (χ2v) is 10.5. The Morgan fingerprint density at radius 2 is 2.16 bits per heavy atom. The van der Waals surface area contributed by atoms with Crippen LogP contribution >= 0.6 is 22.9 Å². The van der Waals surface area contributed by atoms with Crippen molar-refractivity contribution in [3.05, 3.63) is 62.2 Å². The van der Waals surface area contributed by atoms with Gasteiger partial charge >= 0.3 is 11.9 Å². The summed E-state index contributed by atoms with van der Waals surface area (Å²) in [5.41, 5.74) is 0.665. The molecule has 0 amide bonds. The van der Waals surface area contributed by atoms with Crippen molar-refractivity contribution in [2.24, 2.45) is 10.9 Å². The number of rotatable bonds is 8. The molecule has 3 aliphatic rings. The molecule has 2 bridgehead atoms. The third-order valence-electron chi connectivity index (χ3n) is 7.01. The highest BCUT2D eigenvalue weighted by molar-refractivity contribution is 7.11. The first-order chi connectivity index (χ1) is 18.3. The first-order valence-electron chi connectivity index (χ1n) is 12.1. The van der Waals surface area contributed by atoms with E-state index in [2.05, 4.69) is 20.2 Å². The first kappa shape index (κ1) is 26.7. The van der Waals surface area contributed by atoms with Gasteiger partial charge in [-0.25, -0.2) is 18.6 Å². The van der Waals surface area contributed by atoms with E-state index in [1.165, 1.54) is 17.4 Å². The number of fused-ring (bicyclic) bond motifs is 2. The third kappa shape index (κ3) is 5.05. The van der Waals surface area contributed by atoms with Crippen molar-refractivity contribution in [2.75, 3.05) is 26.4 Å². The predicted octanol–water partition coefficient (Wildman–Crippen LogP) is 3.55. The van der Waals surface area contributed by atoms with Crippen molar-refractivity contribution >= 4 is 40.7 Å². The smallest absolute Gasteiger partial charge is 0.338 e. The van der Waals surface area contributed by atoms with Crippen LogP contribution in [0.4, 0.5) is 8.78 Å². The lowest BCUT2D eigenvalue weighted by Gasteiger charge is -2.38. The number of aliphatic carboxylic acids is 1. The fourth-order valence-electron chi connectivity index (χ4n) is 5.37. The van der Waals surface area contributed by atoms with Crippen LogP contribution in [0.2, 0.25) is 5.02 Å². The second-order valence-electron chi connectivity index (χ2n) is 9.24. The van der Waals surface area contributed by atoms with Crippen molar-refractivity contribution in [3.8, 4) is 0 Å². The van der Waals surface area contributed by atoms with E-state index in [0.717, 1.165) is 6.07 Å². The average molecular weight is 567 g/mol. The van der Waals surface area contributed by atoms with Gasteiger partial charge in [0.05, 0.1) is 30.4 Å². The summed E-state index contributed by atoms with van der Waals surface area (Å²) in [6.07, 6.45) is 2.26. The van der Waals surface area contributed by atoms with E-state index in [-0.39, 0.29) is 48.7 Å². The molecule has 38 heavy (non-hydrogen) atoms. The van der Waals surface area contributed by atoms with Gasteiger partial charge in [0.15, 0.2) is 22.5 Å². The number of carboxylic acid groups (broad SMARTS) is 1. The lowest BCUT2D eigenvalue weighted by Crippen LogP contribution is -2.50. The van der Waals surface area contributed by atoms with Crippen molar-refractivity contribution in [3.63, 3.8) is 0 Å². The van der Waals surface area contributed by atoms with Gasteiger partial charge in [-0.05, 0) is 25.3 Å². The monoisotopic (exact) mass is 566 g/mol. The number of aliphatic imine (C=N–C) groups is 1. The Labute approximate surface area is 226 Å². The SMILES string of the molecule is CCOC(=O)C1=C(CN2C3COCC2C(CC(=O)O)C3)NC(c2nccs2)=NC1c1ccc(F)c(F)c1Cl. The largest absolute Gasteiger partial charge is 0.481 e. The predicted molar refractivity (Wildman–Crippen MR) is 135 cm³/mol. The summed E-state index contributed by atoms with van der Waals surface area (Å²) in [6, 6.07) is 0.926. The highest BCUT2D eigenvalue weighted by Crippen LogP contribution is 2.40. The molecule has 0 saturated carbocycles. The Morgan fingerprint density at radius 3 is 2.87 bits per heavy atom. The maximum atomic E-state index is 14.5. The fraction of sp³-hybridized carbons (Fsp3) is 0.440. The standard InChI is InChI=1S/C25H25ClF2N4O5S/c1-2-37-25(35)19-16(9-32-13-7-12(8-18(33)34)17(32)11-36-10-13)30-23(24-29-5-6-38-24)31-22(19)14-3-4-15(27)21(28)20(14)26/h3-6,12-13,17,22H,2,7-11H2,1H3,(H,30,31)(H,33,34). The van der Waals surface area contributed by atoms with E-state index in [1.54, 1.807) is 18.5 Å². The van der Waals surface area contributed by atoms with Gasteiger partial charge in [0.1, 0.15) is 6.04 Å². The lowest BCUT2D eigenvalue weighted by atomic mass is 9.94. The van der Waals surface area contributed by atoms with Gasteiger partial charge < -0.3 is 19.9 Å². The van der Waals surface area contributed by atoms with Crippen molar-refractivity contribution in [1.29, 1.82) is 0 Å². The summed E-state index contributed by atoms with van der Waals surface area (Å²) < 4.78 is 39.6. The number of hydrogen-bond acceptors (Lipinski definition) is 9. The van der Waals surface area contributed by atoms with Crippen LogP contribution in [0.3, 0.4) is 0 Å². The van der Waals surface area contributed by atoms with Crippen LogP contribution in [0.15, 0.2) is 40.0 Å². The summed E-state index contributed by atoms with van der Waals surface area (Å²) in [4.78, 5) is 35.9. The number of amidine groups is 1. The van der Waals surface area contributed by atoms with E-state index < -0.39 is 34.6 Å². The molecular weight excluding hydrogens is 542 g/mol. The van der Waals surface area contributed by atoms with Gasteiger partial charge in [0, 0.05) is 47.9 Å². The first-order valence-corrected chi connectivity index (χ1v) is 13.4. The number of ether oxygens (including phenoxy) is 2. The van der Waals surface area contributed by atoms with Crippen LogP contribution < -0.4 is 5.32 Å². The van der Waals surface area contributed by atoms with Crippen LogP contribution in [-0.2, 0) is 19.1 Å². The quantitative estimate of drug-likeness (QED) is 0.368. The van der Waals surface area contributed by atoms with E-state index >= 15 is 0 Å². The Morgan fingerprint density at radius 1 is 1.34 bits per heavy atom. The zero-order chi connectivity index (χ0) is 27.0. The number of halogens is 3. The summed E-state index contributed by atoms with van der Waals surface area (Å²) in [7, 11) is 0. The number of nitrogens with one attached hydrogen (secondary N) is 1. The molecule has 3 aliphatic heterocycles. The minimum atomic E-state index is -1.24. The Kier molecular flexibility index (Phi) is 7.75. The molecule has 202 valence electrons. The normalized spacial score (nSPS) is 25.2. The second kappa shape index (κ2) is 11.0. The Hall–Kier alpha value is -2.93.